The van der Waals surface area contributed by atoms with Crippen LogP contribution in [0.3, 0.4) is 0 Å². The number of halogens is 1. The van der Waals surface area contributed by atoms with Crippen molar-refractivity contribution in [2.75, 3.05) is 5.73 Å². The molecular weight excluding hydrogens is 602 g/mol. The molecule has 0 spiro atoms. The molecule has 8 aromatic rings. The van der Waals surface area contributed by atoms with Gasteiger partial charge in [-0.05, 0) is 60.0 Å². The second-order valence-corrected chi connectivity index (χ2v) is 12.8. The highest BCUT2D eigenvalue weighted by Crippen LogP contribution is 2.35. The maximum atomic E-state index is 5.36. The second-order valence-electron chi connectivity index (χ2n) is 9.74. The first-order chi connectivity index (χ1) is 20.1. The van der Waals surface area contributed by atoms with Gasteiger partial charge in [0.05, 0.1) is 0 Å². The number of nitrogen functional groups attached to an aromatic ring is 1. The fourth-order valence-electron chi connectivity index (χ4n) is 4.86. The number of hydrogen-bond acceptors (Lipinski definition) is 3. The average Bonchev–Trinajstić information content (AvgIpc) is 3.56. The number of rotatable bonds is 2. The summed E-state index contributed by atoms with van der Waals surface area (Å²) >= 11 is 7.23. The minimum atomic E-state index is 0.822. The van der Waals surface area contributed by atoms with Crippen LogP contribution in [0, 0.1) is 0 Å². The lowest BCUT2D eigenvalue weighted by Gasteiger charge is -2.02. The van der Waals surface area contributed by atoms with E-state index >= 15 is 0 Å². The highest BCUT2D eigenvalue weighted by Gasteiger charge is 2.06. The molecule has 0 saturated heterocycles. The minimum absolute atomic E-state index is 0.822. The van der Waals surface area contributed by atoms with E-state index in [1.165, 1.54) is 51.5 Å². The van der Waals surface area contributed by atoms with Crippen LogP contribution in [-0.2, 0) is 6.42 Å². The van der Waals surface area contributed by atoms with Crippen molar-refractivity contribution >= 4 is 84.6 Å². The molecular formula is C37H28BrNS2. The molecule has 2 heterocycles. The molecule has 0 amide bonds. The van der Waals surface area contributed by atoms with Crippen LogP contribution in [0.4, 0.5) is 5.69 Å². The predicted octanol–water partition coefficient (Wildman–Crippen LogP) is 11.7. The first-order valence-electron chi connectivity index (χ1n) is 13.5. The molecule has 4 heteroatoms. The summed E-state index contributed by atoms with van der Waals surface area (Å²) in [4.78, 5) is 0. The number of benzene rings is 6. The minimum Gasteiger partial charge on any atom is -0.399 e. The summed E-state index contributed by atoms with van der Waals surface area (Å²) in [5, 5.41) is 5.47. The van der Waals surface area contributed by atoms with E-state index in [4.69, 9.17) is 5.73 Å². The van der Waals surface area contributed by atoms with Gasteiger partial charge in [-0.3, -0.25) is 0 Å². The number of thiophene rings is 2. The zero-order chi connectivity index (χ0) is 28.0. The zero-order valence-corrected chi connectivity index (χ0v) is 25.6. The normalized spacial score (nSPS) is 10.8. The summed E-state index contributed by atoms with van der Waals surface area (Å²) < 4.78 is 6.62. The van der Waals surface area contributed by atoms with Crippen LogP contribution in [-0.4, -0.2) is 0 Å². The Morgan fingerprint density at radius 2 is 0.927 bits per heavy atom. The Bertz CT molecular complexity index is 2040. The fourth-order valence-corrected chi connectivity index (χ4v) is 7.69. The molecule has 8 rings (SSSR count). The Hall–Kier alpha value is -3.96. The molecule has 0 unspecified atom stereocenters. The lowest BCUT2D eigenvalue weighted by molar-refractivity contribution is 1.20. The van der Waals surface area contributed by atoms with Gasteiger partial charge in [0.2, 0.25) is 0 Å². The summed E-state index contributed by atoms with van der Waals surface area (Å²) in [5.41, 5.74) is 8.93. The van der Waals surface area contributed by atoms with Crippen LogP contribution in [0.5, 0.6) is 0 Å². The molecule has 0 saturated carbocycles. The fraction of sp³-hybridized carbons (Fsp3) is 0.0270. The Morgan fingerprint density at radius 3 is 1.51 bits per heavy atom. The van der Waals surface area contributed by atoms with Gasteiger partial charge in [-0.2, -0.15) is 0 Å². The lowest BCUT2D eigenvalue weighted by Crippen LogP contribution is -1.86. The van der Waals surface area contributed by atoms with Gasteiger partial charge in [0.1, 0.15) is 0 Å². The molecule has 0 aliphatic rings. The molecule has 0 bridgehead atoms. The quantitative estimate of drug-likeness (QED) is 0.189. The van der Waals surface area contributed by atoms with Crippen molar-refractivity contribution in [2.45, 2.75) is 6.42 Å². The van der Waals surface area contributed by atoms with Crippen LogP contribution in [0.2, 0.25) is 0 Å². The van der Waals surface area contributed by atoms with Gasteiger partial charge in [-0.15, -0.1) is 22.7 Å². The van der Waals surface area contributed by atoms with Gasteiger partial charge in [0.25, 0.3) is 0 Å². The number of hydrogen-bond donors (Lipinski definition) is 1. The number of nitrogens with two attached hydrogens (primary N) is 1. The van der Waals surface area contributed by atoms with Gasteiger partial charge in [-0.25, -0.2) is 0 Å². The molecule has 0 fully saturated rings. The van der Waals surface area contributed by atoms with E-state index in [2.05, 4.69) is 131 Å². The van der Waals surface area contributed by atoms with E-state index in [0.29, 0.717) is 0 Å². The smallest absolute Gasteiger partial charge is 0.0366 e. The molecule has 0 aliphatic heterocycles. The third-order valence-corrected chi connectivity index (χ3v) is 9.60. The van der Waals surface area contributed by atoms with E-state index < -0.39 is 0 Å². The monoisotopic (exact) mass is 629 g/mol. The Kier molecular flexibility index (Phi) is 8.43. The summed E-state index contributed by atoms with van der Waals surface area (Å²) in [7, 11) is 0. The Labute approximate surface area is 256 Å². The Balaban J connectivity index is 0.000000124. The van der Waals surface area contributed by atoms with Crippen LogP contribution < -0.4 is 5.73 Å². The van der Waals surface area contributed by atoms with E-state index in [9.17, 15) is 0 Å². The van der Waals surface area contributed by atoms with Gasteiger partial charge in [0.15, 0.2) is 0 Å². The van der Waals surface area contributed by atoms with Gasteiger partial charge in [0, 0.05) is 50.5 Å². The highest BCUT2D eigenvalue weighted by atomic mass is 79.9. The molecule has 200 valence electrons. The van der Waals surface area contributed by atoms with Crippen LogP contribution >= 0.6 is 38.6 Å². The SMILES string of the molecule is Brc1ccc2c(c1)sc1ccccc12.Nc1ccccc1.c1ccc(Cc2ccc3c(c2)sc2ccccc23)cc1. The number of para-hydroxylation sites is 1. The van der Waals surface area contributed by atoms with E-state index in [0.717, 1.165) is 16.6 Å². The maximum absolute atomic E-state index is 5.36. The summed E-state index contributed by atoms with van der Waals surface area (Å²) in [6.45, 7) is 0. The van der Waals surface area contributed by atoms with Crippen molar-refractivity contribution in [1.82, 2.24) is 0 Å². The molecule has 2 N–H and O–H groups in total. The summed E-state index contributed by atoms with van der Waals surface area (Å²) in [6.07, 6.45) is 1.00. The first kappa shape index (κ1) is 27.2. The van der Waals surface area contributed by atoms with Gasteiger partial charge < -0.3 is 5.73 Å². The molecule has 0 aliphatic carbocycles. The molecule has 0 atom stereocenters. The largest absolute Gasteiger partial charge is 0.399 e. The first-order valence-corrected chi connectivity index (χ1v) is 15.9. The van der Waals surface area contributed by atoms with Crippen LogP contribution in [0.25, 0.3) is 40.3 Å². The molecule has 41 heavy (non-hydrogen) atoms. The number of fused-ring (bicyclic) bond motifs is 6. The Morgan fingerprint density at radius 1 is 0.439 bits per heavy atom. The summed E-state index contributed by atoms with van der Waals surface area (Å²) in [6, 6.07) is 50.7. The highest BCUT2D eigenvalue weighted by molar-refractivity contribution is 9.10. The van der Waals surface area contributed by atoms with Gasteiger partial charge >= 0.3 is 0 Å². The summed E-state index contributed by atoms with van der Waals surface area (Å²) in [5.74, 6) is 0. The van der Waals surface area contributed by atoms with Crippen molar-refractivity contribution in [2.24, 2.45) is 0 Å². The zero-order valence-electron chi connectivity index (χ0n) is 22.3. The van der Waals surface area contributed by atoms with Gasteiger partial charge in [-0.1, -0.05) is 119 Å². The predicted molar refractivity (Wildman–Crippen MR) is 186 cm³/mol. The average molecular weight is 631 g/mol. The van der Waals surface area contributed by atoms with Crippen LogP contribution in [0.15, 0.2) is 150 Å². The topological polar surface area (TPSA) is 26.0 Å². The molecule has 1 nitrogen and oxygen atoms in total. The maximum Gasteiger partial charge on any atom is 0.0366 e. The third kappa shape index (κ3) is 6.52. The van der Waals surface area contributed by atoms with Crippen molar-refractivity contribution < 1.29 is 0 Å². The molecule has 0 radical (unpaired) electrons. The third-order valence-electron chi connectivity index (χ3n) is 6.83. The van der Waals surface area contributed by atoms with E-state index in [1.54, 1.807) is 0 Å². The van der Waals surface area contributed by atoms with Crippen LogP contribution in [0.1, 0.15) is 11.1 Å². The number of anilines is 1. The van der Waals surface area contributed by atoms with E-state index in [-0.39, 0.29) is 0 Å². The second kappa shape index (κ2) is 12.7. The van der Waals surface area contributed by atoms with Crippen molar-refractivity contribution in [3.63, 3.8) is 0 Å². The standard InChI is InChI=1S/C19H14S.C12H7BrS.C6H7N/c1-2-6-14(7-3-1)12-15-10-11-17-16-8-4-5-9-18(16)20-19(17)13-15;13-8-5-6-10-9-3-1-2-4-11(9)14-12(10)7-8;7-6-4-2-1-3-5-6/h1-11,13H,12H2;1-7H;1-5H,7H2. The molecule has 6 aromatic carbocycles. The lowest BCUT2D eigenvalue weighted by atomic mass is 10.0. The van der Waals surface area contributed by atoms with Crippen molar-refractivity contribution in [3.8, 4) is 0 Å². The van der Waals surface area contributed by atoms with Crippen molar-refractivity contribution in [1.29, 1.82) is 0 Å². The van der Waals surface area contributed by atoms with E-state index in [1.807, 2.05) is 53.0 Å². The van der Waals surface area contributed by atoms with Crippen molar-refractivity contribution in [3.05, 3.63) is 161 Å². The molecule has 2 aromatic heterocycles.